The second kappa shape index (κ2) is 6.35. The molecule has 3 N–H and O–H groups in total. The van der Waals surface area contributed by atoms with Crippen LogP contribution in [0.2, 0.25) is 0 Å². The van der Waals surface area contributed by atoms with Crippen molar-refractivity contribution in [3.05, 3.63) is 23.8 Å². The number of benzene rings is 1. The maximum atomic E-state index is 12.4. The normalized spacial score (nSPS) is 25.4. The van der Waals surface area contributed by atoms with E-state index in [2.05, 4.69) is 12.2 Å². The molecule has 1 aromatic carbocycles. The summed E-state index contributed by atoms with van der Waals surface area (Å²) in [6.45, 7) is 2.03. The van der Waals surface area contributed by atoms with Crippen LogP contribution >= 0.6 is 0 Å². The summed E-state index contributed by atoms with van der Waals surface area (Å²) in [6.07, 6.45) is 3.60. The first-order chi connectivity index (χ1) is 10.0. The van der Waals surface area contributed by atoms with Gasteiger partial charge in [0.2, 0.25) is 0 Å². The van der Waals surface area contributed by atoms with Gasteiger partial charge in [0.1, 0.15) is 0 Å². The van der Waals surface area contributed by atoms with Gasteiger partial charge in [-0.15, -0.1) is 0 Å². The Morgan fingerprint density at radius 3 is 2.90 bits per heavy atom. The molecule has 1 saturated carbocycles. The van der Waals surface area contributed by atoms with Gasteiger partial charge in [-0.25, -0.2) is 0 Å². The second-order valence-corrected chi connectivity index (χ2v) is 5.95. The van der Waals surface area contributed by atoms with Crippen LogP contribution in [0.1, 0.15) is 43.0 Å². The average molecular weight is 293 g/mol. The molecule has 0 heterocycles. The highest BCUT2D eigenvalue weighted by Crippen LogP contribution is 2.34. The Hall–Kier alpha value is -1.75. The van der Waals surface area contributed by atoms with Crippen molar-refractivity contribution in [2.75, 3.05) is 13.7 Å². The molecule has 2 unspecified atom stereocenters. The van der Waals surface area contributed by atoms with E-state index in [1.54, 1.807) is 18.2 Å². The predicted octanol–water partition coefficient (Wildman–Crippen LogP) is 2.07. The maximum absolute atomic E-state index is 12.4. The van der Waals surface area contributed by atoms with Crippen LogP contribution in [0.3, 0.4) is 0 Å². The molecule has 2 rings (SSSR count). The van der Waals surface area contributed by atoms with Gasteiger partial charge in [-0.1, -0.05) is 25.8 Å². The van der Waals surface area contributed by atoms with Gasteiger partial charge in [-0.3, -0.25) is 4.79 Å². The summed E-state index contributed by atoms with van der Waals surface area (Å²) in [6, 6.07) is 4.80. The van der Waals surface area contributed by atoms with Crippen LogP contribution in [-0.4, -0.2) is 35.4 Å². The molecule has 5 heteroatoms. The molecule has 1 aliphatic carbocycles. The number of aromatic hydroxyl groups is 1. The van der Waals surface area contributed by atoms with Crippen LogP contribution in [-0.2, 0) is 0 Å². The van der Waals surface area contributed by atoms with E-state index in [-0.39, 0.29) is 29.6 Å². The number of aliphatic hydroxyl groups is 1. The van der Waals surface area contributed by atoms with Crippen LogP contribution in [0.25, 0.3) is 0 Å². The Bertz CT molecular complexity index is 517. The molecule has 2 atom stereocenters. The molecule has 1 fully saturated rings. The number of aliphatic hydroxyl groups excluding tert-OH is 1. The third kappa shape index (κ3) is 3.29. The third-order valence-electron chi connectivity index (χ3n) is 4.24. The molecule has 5 nitrogen and oxygen atoms in total. The van der Waals surface area contributed by atoms with Crippen molar-refractivity contribution in [1.82, 2.24) is 5.32 Å². The van der Waals surface area contributed by atoms with Gasteiger partial charge < -0.3 is 20.3 Å². The van der Waals surface area contributed by atoms with Gasteiger partial charge in [0.05, 0.1) is 24.8 Å². The highest BCUT2D eigenvalue weighted by atomic mass is 16.5. The number of para-hydroxylation sites is 1. The minimum atomic E-state index is -0.593. The average Bonchev–Trinajstić information content (AvgIpc) is 2.47. The molecule has 116 valence electrons. The molecule has 0 radical (unpaired) electrons. The van der Waals surface area contributed by atoms with Crippen LogP contribution in [0.4, 0.5) is 0 Å². The Morgan fingerprint density at radius 1 is 1.52 bits per heavy atom. The number of ether oxygens (including phenoxy) is 1. The summed E-state index contributed by atoms with van der Waals surface area (Å²) in [7, 11) is 1.44. The van der Waals surface area contributed by atoms with E-state index in [1.807, 2.05) is 0 Å². The zero-order chi connectivity index (χ0) is 15.5. The summed E-state index contributed by atoms with van der Waals surface area (Å²) >= 11 is 0. The smallest absolute Gasteiger partial charge is 0.255 e. The van der Waals surface area contributed by atoms with Crippen molar-refractivity contribution in [2.45, 2.75) is 38.1 Å². The lowest BCUT2D eigenvalue weighted by atomic mass is 9.76. The molecule has 21 heavy (non-hydrogen) atoms. The highest BCUT2D eigenvalue weighted by molar-refractivity contribution is 5.98. The van der Waals surface area contributed by atoms with Gasteiger partial charge in [-0.2, -0.15) is 0 Å². The number of methoxy groups -OCH3 is 1. The Balaban J connectivity index is 2.20. The summed E-state index contributed by atoms with van der Waals surface area (Å²) in [4.78, 5) is 12.4. The minimum absolute atomic E-state index is 0.0895. The molecule has 1 aromatic rings. The van der Waals surface area contributed by atoms with Gasteiger partial charge in [0.25, 0.3) is 5.91 Å². The topological polar surface area (TPSA) is 78.8 Å². The van der Waals surface area contributed by atoms with Crippen LogP contribution in [0.15, 0.2) is 18.2 Å². The molecule has 0 aliphatic heterocycles. The van der Waals surface area contributed by atoms with E-state index in [0.717, 1.165) is 25.7 Å². The number of hydrogen-bond donors (Lipinski definition) is 3. The third-order valence-corrected chi connectivity index (χ3v) is 4.24. The van der Waals surface area contributed by atoms with E-state index in [4.69, 9.17) is 4.74 Å². The van der Waals surface area contributed by atoms with Gasteiger partial charge >= 0.3 is 0 Å². The van der Waals surface area contributed by atoms with E-state index in [9.17, 15) is 15.0 Å². The number of carbonyl (C=O) groups excluding carboxylic acids is 1. The fourth-order valence-electron chi connectivity index (χ4n) is 3.14. The summed E-state index contributed by atoms with van der Waals surface area (Å²) in [5.41, 5.74) is -0.426. The van der Waals surface area contributed by atoms with Crippen molar-refractivity contribution in [1.29, 1.82) is 0 Å². The van der Waals surface area contributed by atoms with Crippen molar-refractivity contribution in [2.24, 2.45) is 5.92 Å². The molecular weight excluding hydrogens is 270 g/mol. The number of amides is 1. The number of phenols is 1. The monoisotopic (exact) mass is 293 g/mol. The molecule has 1 amide bonds. The quantitative estimate of drug-likeness (QED) is 0.794. The summed E-state index contributed by atoms with van der Waals surface area (Å²) < 4.78 is 5.01. The fourth-order valence-corrected chi connectivity index (χ4v) is 3.14. The van der Waals surface area contributed by atoms with Crippen molar-refractivity contribution >= 4 is 5.91 Å². The standard InChI is InChI=1S/C16H23NO4/c1-11-5-4-8-16(9-11,10-18)17-15(20)12-6-3-7-13(21-2)14(12)19/h3,6-7,11,18-19H,4-5,8-10H2,1-2H3,(H,17,20). The van der Waals surface area contributed by atoms with Crippen LogP contribution in [0, 0.1) is 5.92 Å². The first-order valence-corrected chi connectivity index (χ1v) is 7.30. The minimum Gasteiger partial charge on any atom is -0.504 e. The highest BCUT2D eigenvalue weighted by Gasteiger charge is 2.36. The van der Waals surface area contributed by atoms with Crippen LogP contribution in [0.5, 0.6) is 11.5 Å². The van der Waals surface area contributed by atoms with Gasteiger partial charge in [-0.05, 0) is 30.9 Å². The Kier molecular flexibility index (Phi) is 4.73. The lowest BCUT2D eigenvalue weighted by molar-refractivity contribution is 0.0694. The van der Waals surface area contributed by atoms with Crippen molar-refractivity contribution < 1.29 is 19.7 Å². The van der Waals surface area contributed by atoms with E-state index < -0.39 is 5.54 Å². The van der Waals surface area contributed by atoms with Gasteiger partial charge in [0, 0.05) is 0 Å². The second-order valence-electron chi connectivity index (χ2n) is 5.95. The molecular formula is C16H23NO4. The molecule has 0 saturated heterocycles. The van der Waals surface area contributed by atoms with E-state index in [0.29, 0.717) is 5.92 Å². The maximum Gasteiger partial charge on any atom is 0.255 e. The first-order valence-electron chi connectivity index (χ1n) is 7.30. The Labute approximate surface area is 124 Å². The SMILES string of the molecule is COc1cccc(C(=O)NC2(CO)CCCC(C)C2)c1O. The Morgan fingerprint density at radius 2 is 2.29 bits per heavy atom. The number of rotatable bonds is 4. The lowest BCUT2D eigenvalue weighted by Crippen LogP contribution is -2.53. The van der Waals surface area contributed by atoms with Crippen LogP contribution < -0.4 is 10.1 Å². The van der Waals surface area contributed by atoms with Crippen molar-refractivity contribution in [3.8, 4) is 11.5 Å². The van der Waals surface area contributed by atoms with E-state index >= 15 is 0 Å². The summed E-state index contributed by atoms with van der Waals surface area (Å²) in [5, 5.41) is 22.7. The largest absolute Gasteiger partial charge is 0.504 e. The molecule has 0 bridgehead atoms. The lowest BCUT2D eigenvalue weighted by Gasteiger charge is -2.39. The fraction of sp³-hybridized carbons (Fsp3) is 0.562. The first kappa shape index (κ1) is 15.6. The van der Waals surface area contributed by atoms with Gasteiger partial charge in [0.15, 0.2) is 11.5 Å². The zero-order valence-electron chi connectivity index (χ0n) is 12.6. The number of nitrogens with one attached hydrogen (secondary N) is 1. The summed E-state index contributed by atoms with van der Waals surface area (Å²) in [5.74, 6) is 0.173. The van der Waals surface area contributed by atoms with Crippen molar-refractivity contribution in [3.63, 3.8) is 0 Å². The van der Waals surface area contributed by atoms with E-state index in [1.165, 1.54) is 7.11 Å². The molecule has 1 aliphatic rings. The molecule has 0 spiro atoms. The number of hydrogen-bond acceptors (Lipinski definition) is 4. The predicted molar refractivity (Wildman–Crippen MR) is 79.6 cm³/mol. The molecule has 0 aromatic heterocycles. The number of carbonyl (C=O) groups is 1. The number of phenolic OH excluding ortho intramolecular Hbond substituents is 1. The zero-order valence-corrected chi connectivity index (χ0v) is 12.6.